The highest BCUT2D eigenvalue weighted by Crippen LogP contribution is 2.32. The average Bonchev–Trinajstić information content (AvgIpc) is 2.88. The number of aliphatic hydroxyl groups is 1. The van der Waals surface area contributed by atoms with Gasteiger partial charge < -0.3 is 30.5 Å². The minimum atomic E-state index is -1.47. The third-order valence-corrected chi connectivity index (χ3v) is 6.38. The molecule has 3 aromatic rings. The van der Waals surface area contributed by atoms with Gasteiger partial charge in [0.1, 0.15) is 11.1 Å². The number of amides is 2. The van der Waals surface area contributed by atoms with Gasteiger partial charge in [0.25, 0.3) is 11.8 Å². The van der Waals surface area contributed by atoms with Crippen LogP contribution >= 0.6 is 0 Å². The lowest BCUT2D eigenvalue weighted by Gasteiger charge is -2.35. The first-order valence-electron chi connectivity index (χ1n) is 11.4. The second-order valence-corrected chi connectivity index (χ2v) is 8.73. The molecule has 4 heterocycles. The third-order valence-electron chi connectivity index (χ3n) is 6.38. The molecule has 1 aliphatic carbocycles. The van der Waals surface area contributed by atoms with Gasteiger partial charge in [-0.1, -0.05) is 0 Å². The van der Waals surface area contributed by atoms with E-state index in [1.54, 1.807) is 36.7 Å². The van der Waals surface area contributed by atoms with Crippen molar-refractivity contribution in [2.24, 2.45) is 0 Å². The first kappa shape index (κ1) is 22.9. The van der Waals surface area contributed by atoms with Crippen LogP contribution in [0.2, 0.25) is 0 Å². The Kier molecular flexibility index (Phi) is 6.18. The number of fused-ring (bicyclic) bond motifs is 2. The highest BCUT2D eigenvalue weighted by Gasteiger charge is 2.40. The zero-order chi connectivity index (χ0) is 24.4. The molecule has 35 heavy (non-hydrogen) atoms. The molecule has 0 aromatic carbocycles. The van der Waals surface area contributed by atoms with Crippen LogP contribution in [0.25, 0.3) is 11.0 Å². The second kappa shape index (κ2) is 9.43. The minimum Gasteiger partial charge on any atom is -0.481 e. The number of hydrogen-bond acceptors (Lipinski definition) is 9. The number of rotatable bonds is 6. The molecule has 2 amide bonds. The van der Waals surface area contributed by atoms with Crippen molar-refractivity contribution in [3.63, 3.8) is 0 Å². The summed E-state index contributed by atoms with van der Waals surface area (Å²) in [6, 6.07) is 7.03. The molecule has 0 spiro atoms. The van der Waals surface area contributed by atoms with E-state index in [2.05, 4.69) is 30.9 Å². The predicted octanol–water partition coefficient (Wildman–Crippen LogP) is 1.77. The summed E-state index contributed by atoms with van der Waals surface area (Å²) >= 11 is 0. The zero-order valence-electron chi connectivity index (χ0n) is 19.2. The van der Waals surface area contributed by atoms with Gasteiger partial charge in [0.15, 0.2) is 12.4 Å². The molecule has 1 saturated carbocycles. The van der Waals surface area contributed by atoms with E-state index in [4.69, 9.17) is 9.47 Å². The summed E-state index contributed by atoms with van der Waals surface area (Å²) in [6.07, 6.45) is 5.07. The Morgan fingerprint density at radius 1 is 1.29 bits per heavy atom. The molecule has 0 saturated heterocycles. The summed E-state index contributed by atoms with van der Waals surface area (Å²) in [7, 11) is 1.52. The van der Waals surface area contributed by atoms with Crippen LogP contribution in [-0.4, -0.2) is 57.2 Å². The van der Waals surface area contributed by atoms with E-state index in [0.29, 0.717) is 66.3 Å². The normalized spacial score (nSPS) is 21.5. The number of pyridine rings is 3. The fourth-order valence-electron chi connectivity index (χ4n) is 4.36. The maximum atomic E-state index is 13.0. The SMILES string of the molecule is COc1ccc2nccc(NC(=O)[C@]3(O)CC[C@@H](NCc4cc5c(cn4)OCC(=O)N5)CC3)c2n1. The molecule has 2 aliphatic rings. The summed E-state index contributed by atoms with van der Waals surface area (Å²) in [5.41, 5.74) is 1.49. The highest BCUT2D eigenvalue weighted by atomic mass is 16.5. The molecule has 11 heteroatoms. The van der Waals surface area contributed by atoms with E-state index in [9.17, 15) is 14.7 Å². The van der Waals surface area contributed by atoms with Crippen LogP contribution < -0.4 is 25.4 Å². The maximum absolute atomic E-state index is 13.0. The molecule has 4 N–H and O–H groups in total. The summed E-state index contributed by atoms with van der Waals surface area (Å²) < 4.78 is 10.5. The molecule has 0 bridgehead atoms. The van der Waals surface area contributed by atoms with Gasteiger partial charge in [0, 0.05) is 24.8 Å². The largest absolute Gasteiger partial charge is 0.481 e. The molecule has 0 atom stereocenters. The Morgan fingerprint density at radius 2 is 2.11 bits per heavy atom. The molecule has 0 unspecified atom stereocenters. The molecule has 1 fully saturated rings. The summed E-state index contributed by atoms with van der Waals surface area (Å²) in [4.78, 5) is 37.6. The van der Waals surface area contributed by atoms with E-state index < -0.39 is 11.5 Å². The Bertz CT molecular complexity index is 1270. The highest BCUT2D eigenvalue weighted by molar-refractivity contribution is 6.02. The van der Waals surface area contributed by atoms with Gasteiger partial charge in [-0.25, -0.2) is 4.98 Å². The van der Waals surface area contributed by atoms with Crippen LogP contribution in [0.1, 0.15) is 31.4 Å². The number of anilines is 2. The van der Waals surface area contributed by atoms with E-state index in [-0.39, 0.29) is 18.6 Å². The van der Waals surface area contributed by atoms with E-state index >= 15 is 0 Å². The van der Waals surface area contributed by atoms with Crippen LogP contribution in [0.3, 0.4) is 0 Å². The number of carbonyl (C=O) groups excluding carboxylic acids is 2. The zero-order valence-corrected chi connectivity index (χ0v) is 19.2. The van der Waals surface area contributed by atoms with E-state index in [1.165, 1.54) is 7.11 Å². The number of ether oxygens (including phenoxy) is 2. The van der Waals surface area contributed by atoms with Crippen molar-refractivity contribution in [3.8, 4) is 11.6 Å². The van der Waals surface area contributed by atoms with Gasteiger partial charge in [-0.2, -0.15) is 0 Å². The van der Waals surface area contributed by atoms with Crippen molar-refractivity contribution in [1.82, 2.24) is 20.3 Å². The van der Waals surface area contributed by atoms with Gasteiger partial charge in [-0.05, 0) is 43.9 Å². The number of hydrogen-bond donors (Lipinski definition) is 4. The Morgan fingerprint density at radius 3 is 2.91 bits per heavy atom. The fraction of sp³-hybridized carbons (Fsp3) is 0.375. The van der Waals surface area contributed by atoms with Gasteiger partial charge in [0.2, 0.25) is 5.88 Å². The second-order valence-electron chi connectivity index (χ2n) is 8.73. The van der Waals surface area contributed by atoms with Crippen LogP contribution in [0.5, 0.6) is 11.6 Å². The van der Waals surface area contributed by atoms with Crippen molar-refractivity contribution in [2.45, 2.75) is 43.9 Å². The lowest BCUT2D eigenvalue weighted by atomic mass is 9.81. The monoisotopic (exact) mass is 478 g/mol. The molecule has 11 nitrogen and oxygen atoms in total. The van der Waals surface area contributed by atoms with E-state index in [1.807, 2.05) is 0 Å². The van der Waals surface area contributed by atoms with Crippen molar-refractivity contribution in [2.75, 3.05) is 24.4 Å². The topological polar surface area (TPSA) is 148 Å². The summed E-state index contributed by atoms with van der Waals surface area (Å²) in [5, 5.41) is 20.1. The number of carbonyl (C=O) groups is 2. The molecule has 182 valence electrons. The van der Waals surface area contributed by atoms with Gasteiger partial charge in [0.05, 0.1) is 35.9 Å². The molecule has 1 aliphatic heterocycles. The van der Waals surface area contributed by atoms with Crippen molar-refractivity contribution in [3.05, 3.63) is 42.4 Å². The van der Waals surface area contributed by atoms with Crippen LogP contribution in [0.15, 0.2) is 36.7 Å². The van der Waals surface area contributed by atoms with Crippen molar-refractivity contribution < 1.29 is 24.2 Å². The standard InChI is InChI=1S/C24H26N6O5/c1-34-21-3-2-16-22(30-21)17(6-9-25-16)29-23(32)24(33)7-4-14(5-8-24)26-11-15-10-18-19(12-27-15)35-13-20(31)28-18/h2-3,6,9-10,12,14,26,33H,4-5,7-8,11,13H2,1H3,(H,28,31)(H,25,29,32)/t14-,24+. The maximum Gasteiger partial charge on any atom is 0.262 e. The van der Waals surface area contributed by atoms with Gasteiger partial charge in [-0.3, -0.25) is 19.6 Å². The molecule has 5 rings (SSSR count). The number of methoxy groups -OCH3 is 1. The van der Waals surface area contributed by atoms with Gasteiger partial charge in [-0.15, -0.1) is 0 Å². The number of aromatic nitrogens is 3. The molecular weight excluding hydrogens is 452 g/mol. The Balaban J connectivity index is 1.18. The quantitative estimate of drug-likeness (QED) is 0.416. The fourth-order valence-corrected chi connectivity index (χ4v) is 4.36. The average molecular weight is 479 g/mol. The van der Waals surface area contributed by atoms with Crippen molar-refractivity contribution >= 4 is 34.2 Å². The first-order chi connectivity index (χ1) is 16.9. The Hall–Kier alpha value is -3.83. The lowest BCUT2D eigenvalue weighted by Crippen LogP contribution is -2.48. The lowest BCUT2D eigenvalue weighted by molar-refractivity contribution is -0.137. The number of nitrogens with one attached hydrogen (secondary N) is 3. The van der Waals surface area contributed by atoms with Crippen molar-refractivity contribution in [1.29, 1.82) is 0 Å². The Labute approximate surface area is 201 Å². The predicted molar refractivity (Wildman–Crippen MR) is 127 cm³/mol. The van der Waals surface area contributed by atoms with E-state index in [0.717, 1.165) is 5.69 Å². The molecular formula is C24H26N6O5. The first-order valence-corrected chi connectivity index (χ1v) is 11.4. The minimum absolute atomic E-state index is 0.00702. The van der Waals surface area contributed by atoms with Gasteiger partial charge >= 0.3 is 0 Å². The third kappa shape index (κ3) is 4.86. The van der Waals surface area contributed by atoms with Crippen LogP contribution in [-0.2, 0) is 16.1 Å². The molecule has 0 radical (unpaired) electrons. The smallest absolute Gasteiger partial charge is 0.262 e. The summed E-state index contributed by atoms with van der Waals surface area (Å²) in [5.74, 6) is 0.314. The summed E-state index contributed by atoms with van der Waals surface area (Å²) in [6.45, 7) is 0.488. The molecule has 3 aromatic heterocycles. The number of nitrogens with zero attached hydrogens (tertiary/aromatic N) is 3. The van der Waals surface area contributed by atoms with Crippen LogP contribution in [0, 0.1) is 0 Å². The van der Waals surface area contributed by atoms with Crippen LogP contribution in [0.4, 0.5) is 11.4 Å².